The molecule has 1 N–H and O–H groups in total. The SMILES string of the molecule is CCOCC(=O)OCC(=O)Nc1cc(S(=O)(=O)N2CCCCC2)ccc1OC. The lowest BCUT2D eigenvalue weighted by Gasteiger charge is -2.26. The molecule has 1 saturated heterocycles. The molecule has 1 aliphatic rings. The molecular formula is C18H26N2O7S. The molecule has 0 saturated carbocycles. The third-order valence-electron chi connectivity index (χ3n) is 4.19. The number of sulfonamides is 1. The highest BCUT2D eigenvalue weighted by Gasteiger charge is 2.27. The van der Waals surface area contributed by atoms with Crippen LogP contribution < -0.4 is 10.1 Å². The van der Waals surface area contributed by atoms with Gasteiger partial charge in [0.1, 0.15) is 12.4 Å². The van der Waals surface area contributed by atoms with Gasteiger partial charge in [0.2, 0.25) is 10.0 Å². The van der Waals surface area contributed by atoms with E-state index < -0.39 is 28.5 Å². The standard InChI is InChI=1S/C18H26N2O7S/c1-3-26-13-18(22)27-12-17(21)19-15-11-14(7-8-16(15)25-2)28(23,24)20-9-5-4-6-10-20/h7-8,11H,3-6,9-10,12-13H2,1-2H3,(H,19,21). The summed E-state index contributed by atoms with van der Waals surface area (Å²) < 4.78 is 42.0. The summed E-state index contributed by atoms with van der Waals surface area (Å²) in [5.41, 5.74) is 0.187. The average Bonchev–Trinajstić information content (AvgIpc) is 2.71. The van der Waals surface area contributed by atoms with E-state index in [0.717, 1.165) is 19.3 Å². The Morgan fingerprint density at radius 1 is 1.14 bits per heavy atom. The molecule has 1 aromatic carbocycles. The first-order valence-electron chi connectivity index (χ1n) is 9.10. The predicted octanol–water partition coefficient (Wildman–Crippen LogP) is 1.39. The molecule has 1 aliphatic heterocycles. The summed E-state index contributed by atoms with van der Waals surface area (Å²) in [5, 5.41) is 2.52. The second-order valence-corrected chi connectivity index (χ2v) is 8.11. The van der Waals surface area contributed by atoms with Crippen molar-refractivity contribution < 1.29 is 32.2 Å². The minimum atomic E-state index is -3.66. The van der Waals surface area contributed by atoms with E-state index >= 15 is 0 Å². The van der Waals surface area contributed by atoms with E-state index in [1.807, 2.05) is 0 Å². The largest absolute Gasteiger partial charge is 0.495 e. The van der Waals surface area contributed by atoms with Crippen molar-refractivity contribution in [2.24, 2.45) is 0 Å². The predicted molar refractivity (Wildman–Crippen MR) is 102 cm³/mol. The van der Waals surface area contributed by atoms with Crippen LogP contribution in [0.15, 0.2) is 23.1 Å². The number of carbonyl (C=O) groups is 2. The summed E-state index contributed by atoms with van der Waals surface area (Å²) in [7, 11) is -2.25. The number of hydrogen-bond donors (Lipinski definition) is 1. The molecule has 0 spiro atoms. The van der Waals surface area contributed by atoms with Gasteiger partial charge in [-0.3, -0.25) is 4.79 Å². The number of piperidine rings is 1. The molecule has 0 aromatic heterocycles. The zero-order valence-corrected chi connectivity index (χ0v) is 16.9. The summed E-state index contributed by atoms with van der Waals surface area (Å²) in [6.45, 7) is 2.29. The maximum atomic E-state index is 12.8. The van der Waals surface area contributed by atoms with Crippen LogP contribution in [0.25, 0.3) is 0 Å². The van der Waals surface area contributed by atoms with Crippen LogP contribution in [0.5, 0.6) is 5.75 Å². The fourth-order valence-electron chi connectivity index (χ4n) is 2.76. The average molecular weight is 414 g/mol. The van der Waals surface area contributed by atoms with Gasteiger partial charge in [0, 0.05) is 19.7 Å². The van der Waals surface area contributed by atoms with E-state index in [4.69, 9.17) is 14.2 Å². The molecular weight excluding hydrogens is 388 g/mol. The molecule has 1 aromatic rings. The molecule has 156 valence electrons. The Balaban J connectivity index is 2.09. The Kier molecular flexibility index (Phi) is 8.21. The Bertz CT molecular complexity index is 789. The second kappa shape index (κ2) is 10.4. The number of benzene rings is 1. The molecule has 0 unspecified atom stereocenters. The third kappa shape index (κ3) is 5.91. The van der Waals surface area contributed by atoms with Gasteiger partial charge in [0.25, 0.3) is 5.91 Å². The highest BCUT2D eigenvalue weighted by Crippen LogP contribution is 2.29. The van der Waals surface area contributed by atoms with E-state index in [0.29, 0.717) is 25.4 Å². The Labute approximate surface area is 165 Å². The van der Waals surface area contributed by atoms with Crippen molar-refractivity contribution in [1.82, 2.24) is 4.31 Å². The first-order valence-corrected chi connectivity index (χ1v) is 10.5. The van der Waals surface area contributed by atoms with Crippen molar-refractivity contribution in [3.63, 3.8) is 0 Å². The highest BCUT2D eigenvalue weighted by atomic mass is 32.2. The lowest BCUT2D eigenvalue weighted by atomic mass is 10.2. The second-order valence-electron chi connectivity index (χ2n) is 6.17. The molecule has 28 heavy (non-hydrogen) atoms. The summed E-state index contributed by atoms with van der Waals surface area (Å²) in [5.74, 6) is -0.979. The van der Waals surface area contributed by atoms with Gasteiger partial charge in [0.05, 0.1) is 17.7 Å². The number of hydrogen-bond acceptors (Lipinski definition) is 7. The minimum absolute atomic E-state index is 0.0684. The van der Waals surface area contributed by atoms with Gasteiger partial charge in [-0.25, -0.2) is 13.2 Å². The number of rotatable bonds is 9. The number of ether oxygens (including phenoxy) is 3. The number of methoxy groups -OCH3 is 1. The molecule has 9 nitrogen and oxygen atoms in total. The Morgan fingerprint density at radius 2 is 1.86 bits per heavy atom. The molecule has 0 aliphatic carbocycles. The fraction of sp³-hybridized carbons (Fsp3) is 0.556. The normalized spacial score (nSPS) is 15.1. The molecule has 0 bridgehead atoms. The van der Waals surface area contributed by atoms with Crippen LogP contribution in [-0.2, 0) is 29.1 Å². The molecule has 1 fully saturated rings. The maximum Gasteiger partial charge on any atom is 0.332 e. The van der Waals surface area contributed by atoms with E-state index in [1.54, 1.807) is 6.92 Å². The lowest BCUT2D eigenvalue weighted by molar-refractivity contribution is -0.151. The molecule has 1 amide bonds. The topological polar surface area (TPSA) is 111 Å². The van der Waals surface area contributed by atoms with Crippen LogP contribution in [0.4, 0.5) is 5.69 Å². The zero-order valence-electron chi connectivity index (χ0n) is 16.1. The van der Waals surface area contributed by atoms with Crippen molar-refractivity contribution in [2.75, 3.05) is 45.3 Å². The monoisotopic (exact) mass is 414 g/mol. The van der Waals surface area contributed by atoms with Gasteiger partial charge in [-0.1, -0.05) is 6.42 Å². The van der Waals surface area contributed by atoms with Crippen LogP contribution in [0.3, 0.4) is 0 Å². The third-order valence-corrected chi connectivity index (χ3v) is 6.08. The van der Waals surface area contributed by atoms with Crippen molar-refractivity contribution >= 4 is 27.6 Å². The van der Waals surface area contributed by atoms with Crippen LogP contribution >= 0.6 is 0 Å². The number of carbonyl (C=O) groups excluding carboxylic acids is 2. The van der Waals surface area contributed by atoms with E-state index in [9.17, 15) is 18.0 Å². The van der Waals surface area contributed by atoms with Crippen LogP contribution in [-0.4, -0.2) is 64.6 Å². The van der Waals surface area contributed by atoms with Crippen molar-refractivity contribution in [1.29, 1.82) is 0 Å². The summed E-state index contributed by atoms with van der Waals surface area (Å²) in [4.78, 5) is 23.6. The number of nitrogens with one attached hydrogen (secondary N) is 1. The van der Waals surface area contributed by atoms with Gasteiger partial charge in [-0.05, 0) is 38.0 Å². The minimum Gasteiger partial charge on any atom is -0.495 e. The maximum absolute atomic E-state index is 12.8. The van der Waals surface area contributed by atoms with Crippen LogP contribution in [0.1, 0.15) is 26.2 Å². The number of anilines is 1. The molecule has 1 heterocycles. The quantitative estimate of drug-likeness (QED) is 0.608. The fourth-order valence-corrected chi connectivity index (χ4v) is 4.30. The van der Waals surface area contributed by atoms with Gasteiger partial charge in [-0.15, -0.1) is 0 Å². The van der Waals surface area contributed by atoms with Crippen LogP contribution in [0, 0.1) is 0 Å². The number of esters is 1. The van der Waals surface area contributed by atoms with Gasteiger partial charge >= 0.3 is 5.97 Å². The summed E-state index contributed by atoms with van der Waals surface area (Å²) in [6, 6.07) is 4.27. The lowest BCUT2D eigenvalue weighted by Crippen LogP contribution is -2.35. The first-order chi connectivity index (χ1) is 13.4. The Hall–Kier alpha value is -2.17. The summed E-state index contributed by atoms with van der Waals surface area (Å²) >= 11 is 0. The Morgan fingerprint density at radius 3 is 2.50 bits per heavy atom. The first kappa shape index (κ1) is 22.1. The molecule has 0 atom stereocenters. The molecule has 10 heteroatoms. The molecule has 0 radical (unpaired) electrons. The van der Waals surface area contributed by atoms with Crippen molar-refractivity contribution in [2.45, 2.75) is 31.1 Å². The van der Waals surface area contributed by atoms with E-state index in [1.165, 1.54) is 29.6 Å². The zero-order chi connectivity index (χ0) is 20.6. The highest BCUT2D eigenvalue weighted by molar-refractivity contribution is 7.89. The van der Waals surface area contributed by atoms with Gasteiger partial charge < -0.3 is 19.5 Å². The van der Waals surface area contributed by atoms with Gasteiger partial charge in [-0.2, -0.15) is 4.31 Å². The molecule has 2 rings (SSSR count). The van der Waals surface area contributed by atoms with Gasteiger partial charge in [0.15, 0.2) is 6.61 Å². The van der Waals surface area contributed by atoms with Crippen LogP contribution in [0.2, 0.25) is 0 Å². The van der Waals surface area contributed by atoms with E-state index in [2.05, 4.69) is 5.32 Å². The summed E-state index contributed by atoms with van der Waals surface area (Å²) in [6.07, 6.45) is 2.66. The van der Waals surface area contributed by atoms with E-state index in [-0.39, 0.29) is 17.2 Å². The smallest absolute Gasteiger partial charge is 0.332 e. The van der Waals surface area contributed by atoms with Crippen molar-refractivity contribution in [3.8, 4) is 5.75 Å². The number of nitrogens with zero attached hydrogens (tertiary/aromatic N) is 1. The van der Waals surface area contributed by atoms with Crippen molar-refractivity contribution in [3.05, 3.63) is 18.2 Å². The number of amides is 1.